The van der Waals surface area contributed by atoms with E-state index >= 15 is 0 Å². The van der Waals surface area contributed by atoms with Crippen LogP contribution in [0.3, 0.4) is 0 Å². The van der Waals surface area contributed by atoms with Crippen LogP contribution in [0, 0.1) is 17.6 Å². The first-order chi connectivity index (χ1) is 15.1. The molecule has 0 spiro atoms. The Morgan fingerprint density at radius 2 is 1.91 bits per heavy atom. The number of halogens is 5. The summed E-state index contributed by atoms with van der Waals surface area (Å²) in [5, 5.41) is 0.0377. The number of pyridine rings is 1. The van der Waals surface area contributed by atoms with Gasteiger partial charge in [-0.05, 0) is 23.8 Å². The molecule has 0 bridgehead atoms. The van der Waals surface area contributed by atoms with Gasteiger partial charge in [-0.15, -0.1) is 0 Å². The minimum absolute atomic E-state index is 0.0377. The van der Waals surface area contributed by atoms with Crippen molar-refractivity contribution in [3.8, 4) is 0 Å². The Bertz CT molecular complexity index is 1070. The maximum atomic E-state index is 14.4. The minimum Gasteiger partial charge on any atom is -0.380 e. The molecule has 2 aliphatic rings. The molecule has 0 unspecified atom stereocenters. The van der Waals surface area contributed by atoms with Gasteiger partial charge in [0.15, 0.2) is 11.6 Å². The number of amides is 2. The molecule has 0 N–H and O–H groups in total. The maximum absolute atomic E-state index is 14.4. The van der Waals surface area contributed by atoms with Crippen LogP contribution < -0.4 is 4.90 Å². The summed E-state index contributed by atoms with van der Waals surface area (Å²) in [5.74, 6) is -7.09. The number of hydrogen-bond acceptors (Lipinski definition) is 4. The van der Waals surface area contributed by atoms with E-state index in [0.29, 0.717) is 6.92 Å². The Kier molecular flexibility index (Phi) is 5.85. The van der Waals surface area contributed by atoms with Gasteiger partial charge >= 0.3 is 0 Å². The van der Waals surface area contributed by atoms with Crippen molar-refractivity contribution in [1.82, 2.24) is 9.88 Å². The molecule has 11 heteroatoms. The summed E-state index contributed by atoms with van der Waals surface area (Å²) >= 11 is 5.72. The van der Waals surface area contributed by atoms with Gasteiger partial charge in [-0.25, -0.2) is 22.5 Å². The molecule has 1 aromatic heterocycles. The highest BCUT2D eigenvalue weighted by Crippen LogP contribution is 2.32. The molecule has 2 amide bonds. The molecule has 0 radical (unpaired) electrons. The molecule has 1 aromatic carbocycles. The number of alkyl halides is 2. The lowest BCUT2D eigenvalue weighted by Gasteiger charge is -2.45. The Labute approximate surface area is 185 Å². The monoisotopic (exact) mass is 471 g/mol. The molecule has 0 saturated carbocycles. The lowest BCUT2D eigenvalue weighted by Crippen LogP contribution is -2.65. The van der Waals surface area contributed by atoms with Gasteiger partial charge in [0.05, 0.1) is 23.8 Å². The summed E-state index contributed by atoms with van der Waals surface area (Å²) < 4.78 is 60.8. The average Bonchev–Trinajstić information content (AvgIpc) is 2.65. The number of aromatic nitrogens is 1. The zero-order valence-electron chi connectivity index (χ0n) is 16.8. The fraction of sp³-hybridized carbons (Fsp3) is 0.381. The van der Waals surface area contributed by atoms with Crippen molar-refractivity contribution in [3.63, 3.8) is 0 Å². The van der Waals surface area contributed by atoms with E-state index in [1.54, 1.807) is 0 Å². The molecule has 6 nitrogen and oxygen atoms in total. The number of benzene rings is 1. The Morgan fingerprint density at radius 3 is 2.47 bits per heavy atom. The standard InChI is InChI=1S/C21H18ClF4N3O3/c1-21(25,26)14-3-2-11(4-15(14)23)7-28-17(30)8-29(19-16(24)5-13(22)6-27-19)20(31)18(28)12-9-32-10-12/h2-6,12,18H,7-10H2,1H3/t18-/m0/s1. The Hall–Kier alpha value is -2.72. The molecule has 2 fully saturated rings. The minimum atomic E-state index is -3.36. The number of carbonyl (C=O) groups excluding carboxylic acids is 2. The molecule has 32 heavy (non-hydrogen) atoms. The van der Waals surface area contributed by atoms with E-state index in [1.165, 1.54) is 17.2 Å². The van der Waals surface area contributed by atoms with Gasteiger partial charge in [0, 0.05) is 25.6 Å². The smallest absolute Gasteiger partial charge is 0.273 e. The highest BCUT2D eigenvalue weighted by molar-refractivity contribution is 6.30. The zero-order valence-corrected chi connectivity index (χ0v) is 17.6. The van der Waals surface area contributed by atoms with Crippen LogP contribution in [0.1, 0.15) is 18.1 Å². The molecule has 2 aliphatic heterocycles. The summed E-state index contributed by atoms with van der Waals surface area (Å²) in [6.07, 6.45) is 1.17. The van der Waals surface area contributed by atoms with E-state index in [0.717, 1.165) is 23.1 Å². The number of piperazine rings is 1. The normalized spacial score (nSPS) is 20.0. The second-order valence-corrected chi connectivity index (χ2v) is 8.29. The first kappa shape index (κ1) is 22.5. The fourth-order valence-electron chi connectivity index (χ4n) is 3.83. The number of hydrogen-bond donors (Lipinski definition) is 0. The molecule has 1 atom stereocenters. The Morgan fingerprint density at radius 1 is 1.19 bits per heavy atom. The zero-order chi connectivity index (χ0) is 23.2. The van der Waals surface area contributed by atoms with Crippen LogP contribution in [-0.2, 0) is 26.8 Å². The second kappa shape index (κ2) is 8.32. The van der Waals surface area contributed by atoms with Crippen LogP contribution in [-0.4, -0.2) is 47.5 Å². The Balaban J connectivity index is 1.64. The highest BCUT2D eigenvalue weighted by atomic mass is 35.5. The molecule has 4 rings (SSSR count). The fourth-order valence-corrected chi connectivity index (χ4v) is 3.97. The van der Waals surface area contributed by atoms with Crippen molar-refractivity contribution in [2.75, 3.05) is 24.7 Å². The van der Waals surface area contributed by atoms with Crippen LogP contribution in [0.25, 0.3) is 0 Å². The molecule has 2 aromatic rings. The maximum Gasteiger partial charge on any atom is 0.273 e. The van der Waals surface area contributed by atoms with Crippen LogP contribution in [0.5, 0.6) is 0 Å². The van der Waals surface area contributed by atoms with Gasteiger partial charge in [0.25, 0.3) is 11.8 Å². The summed E-state index contributed by atoms with van der Waals surface area (Å²) in [5.41, 5.74) is -0.521. The first-order valence-electron chi connectivity index (χ1n) is 9.72. The summed E-state index contributed by atoms with van der Waals surface area (Å²) in [6.45, 7) is 0.341. The van der Waals surface area contributed by atoms with E-state index in [2.05, 4.69) is 4.98 Å². The lowest BCUT2D eigenvalue weighted by molar-refractivity contribution is -0.155. The number of ether oxygens (including phenoxy) is 1. The molecule has 2 saturated heterocycles. The number of rotatable bonds is 5. The predicted octanol–water partition coefficient (Wildman–Crippen LogP) is 3.52. The van der Waals surface area contributed by atoms with Gasteiger partial charge in [0.2, 0.25) is 5.91 Å². The van der Waals surface area contributed by atoms with Crippen molar-refractivity contribution in [2.24, 2.45) is 5.92 Å². The molecule has 3 heterocycles. The van der Waals surface area contributed by atoms with E-state index in [1.807, 2.05) is 0 Å². The SMILES string of the molecule is CC(F)(F)c1ccc(CN2C(=O)CN(c3ncc(Cl)cc3F)C(=O)[C@@H]2C2COC2)cc1F. The number of carbonyl (C=O) groups is 2. The van der Waals surface area contributed by atoms with E-state index < -0.39 is 47.5 Å². The van der Waals surface area contributed by atoms with Crippen molar-refractivity contribution < 1.29 is 31.9 Å². The predicted molar refractivity (Wildman–Crippen MR) is 106 cm³/mol. The van der Waals surface area contributed by atoms with Gasteiger partial charge in [0.1, 0.15) is 18.4 Å². The van der Waals surface area contributed by atoms with Crippen molar-refractivity contribution >= 4 is 29.2 Å². The third kappa shape index (κ3) is 4.16. The molecular weight excluding hydrogens is 454 g/mol. The first-order valence-corrected chi connectivity index (χ1v) is 10.1. The van der Waals surface area contributed by atoms with Gasteiger partial charge < -0.3 is 9.64 Å². The highest BCUT2D eigenvalue weighted by Gasteiger charge is 2.47. The van der Waals surface area contributed by atoms with E-state index in [4.69, 9.17) is 16.3 Å². The third-order valence-electron chi connectivity index (χ3n) is 5.48. The van der Waals surface area contributed by atoms with Crippen molar-refractivity contribution in [1.29, 1.82) is 0 Å². The second-order valence-electron chi connectivity index (χ2n) is 7.85. The summed E-state index contributed by atoms with van der Waals surface area (Å²) in [7, 11) is 0. The largest absolute Gasteiger partial charge is 0.380 e. The summed E-state index contributed by atoms with van der Waals surface area (Å²) in [6, 6.07) is 3.16. The topological polar surface area (TPSA) is 62.7 Å². The van der Waals surface area contributed by atoms with Gasteiger partial charge in [-0.3, -0.25) is 14.5 Å². The summed E-state index contributed by atoms with van der Waals surface area (Å²) in [4.78, 5) is 32.3. The van der Waals surface area contributed by atoms with Gasteiger partial charge in [-0.2, -0.15) is 0 Å². The number of anilines is 1. The van der Waals surface area contributed by atoms with E-state index in [-0.39, 0.29) is 42.1 Å². The molecule has 170 valence electrons. The van der Waals surface area contributed by atoms with Crippen molar-refractivity contribution in [2.45, 2.75) is 25.4 Å². The van der Waals surface area contributed by atoms with E-state index in [9.17, 15) is 27.2 Å². The average molecular weight is 472 g/mol. The van der Waals surface area contributed by atoms with Crippen molar-refractivity contribution in [3.05, 3.63) is 58.2 Å². The van der Waals surface area contributed by atoms with Crippen LogP contribution in [0.15, 0.2) is 30.5 Å². The number of nitrogens with zero attached hydrogens (tertiary/aromatic N) is 3. The lowest BCUT2D eigenvalue weighted by atomic mass is 9.92. The van der Waals surface area contributed by atoms with Crippen LogP contribution in [0.4, 0.5) is 23.4 Å². The third-order valence-corrected chi connectivity index (χ3v) is 5.69. The van der Waals surface area contributed by atoms with Gasteiger partial charge in [-0.1, -0.05) is 17.7 Å². The molecular formula is C21H18ClF4N3O3. The quantitative estimate of drug-likeness (QED) is 0.626. The molecule has 0 aliphatic carbocycles. The van der Waals surface area contributed by atoms with Crippen LogP contribution >= 0.6 is 11.6 Å². The van der Waals surface area contributed by atoms with Crippen LogP contribution in [0.2, 0.25) is 5.02 Å².